The molecule has 20 heavy (non-hydrogen) atoms. The minimum absolute atomic E-state index is 0.110. The number of H-pyrrole nitrogens is 1. The molecule has 0 aliphatic carbocycles. The molecule has 1 aromatic carbocycles. The number of para-hydroxylation sites is 1. The van der Waals surface area contributed by atoms with Crippen molar-refractivity contribution in [1.29, 1.82) is 0 Å². The molecule has 102 valence electrons. The molecule has 0 bridgehead atoms. The van der Waals surface area contributed by atoms with Gasteiger partial charge in [-0.25, -0.2) is 8.42 Å². The van der Waals surface area contributed by atoms with Crippen molar-refractivity contribution >= 4 is 27.0 Å². The minimum atomic E-state index is -3.62. The summed E-state index contributed by atoms with van der Waals surface area (Å²) in [6.07, 6.45) is 2.62. The number of aromatic nitrogens is 2. The largest absolute Gasteiger partial charge is 0.284 e. The van der Waals surface area contributed by atoms with E-state index in [1.165, 1.54) is 12.4 Å². The molecule has 2 N–H and O–H groups in total. The second-order valence-corrected chi connectivity index (χ2v) is 6.69. The Bertz CT molecular complexity index is 794. The summed E-state index contributed by atoms with van der Waals surface area (Å²) in [6, 6.07) is 11.2. The summed E-state index contributed by atoms with van der Waals surface area (Å²) in [6.45, 7) is 0. The smallest absolute Gasteiger partial charge is 0.265 e. The van der Waals surface area contributed by atoms with Crippen molar-refractivity contribution in [2.75, 3.05) is 4.72 Å². The van der Waals surface area contributed by atoms with E-state index in [1.54, 1.807) is 23.5 Å². The van der Waals surface area contributed by atoms with Crippen LogP contribution in [-0.4, -0.2) is 18.6 Å². The molecule has 5 nitrogen and oxygen atoms in total. The van der Waals surface area contributed by atoms with Crippen LogP contribution in [0.15, 0.2) is 59.1 Å². The number of thiophene rings is 1. The molecule has 2 aromatic heterocycles. The Hall–Kier alpha value is -2.12. The molecular formula is C13H11N3O2S2. The molecule has 0 fully saturated rings. The minimum Gasteiger partial charge on any atom is -0.284 e. The van der Waals surface area contributed by atoms with Gasteiger partial charge in [0.1, 0.15) is 4.90 Å². The number of sulfonamides is 1. The maximum Gasteiger partial charge on any atom is 0.265 e. The molecule has 0 aliphatic rings. The van der Waals surface area contributed by atoms with Crippen LogP contribution in [0.1, 0.15) is 0 Å². The van der Waals surface area contributed by atoms with Gasteiger partial charge in [0.2, 0.25) is 0 Å². The van der Waals surface area contributed by atoms with Crippen LogP contribution < -0.4 is 4.72 Å². The SMILES string of the molecule is O=S(=O)(Nc1ccccc1-c1cccs1)c1cn[nH]c1. The zero-order chi connectivity index (χ0) is 14.0. The van der Waals surface area contributed by atoms with Crippen LogP contribution in [0.2, 0.25) is 0 Å². The average Bonchev–Trinajstić information content (AvgIpc) is 3.13. The molecule has 0 spiro atoms. The van der Waals surface area contributed by atoms with E-state index in [2.05, 4.69) is 14.9 Å². The molecule has 0 saturated heterocycles. The molecule has 0 atom stereocenters. The van der Waals surface area contributed by atoms with Crippen molar-refractivity contribution in [3.63, 3.8) is 0 Å². The molecule has 0 saturated carbocycles. The Morgan fingerprint density at radius 1 is 1.15 bits per heavy atom. The van der Waals surface area contributed by atoms with Gasteiger partial charge in [-0.3, -0.25) is 9.82 Å². The number of hydrogen-bond donors (Lipinski definition) is 2. The van der Waals surface area contributed by atoms with E-state index in [4.69, 9.17) is 0 Å². The van der Waals surface area contributed by atoms with Crippen LogP contribution in [0.4, 0.5) is 5.69 Å². The summed E-state index contributed by atoms with van der Waals surface area (Å²) in [5.41, 5.74) is 1.41. The first kappa shape index (κ1) is 12.9. The number of aromatic amines is 1. The fourth-order valence-corrected chi connectivity index (χ4v) is 3.56. The van der Waals surface area contributed by atoms with Gasteiger partial charge in [0.25, 0.3) is 10.0 Å². The van der Waals surface area contributed by atoms with E-state index in [0.717, 1.165) is 10.4 Å². The third kappa shape index (κ3) is 2.45. The van der Waals surface area contributed by atoms with Crippen LogP contribution >= 0.6 is 11.3 Å². The Labute approximate surface area is 120 Å². The van der Waals surface area contributed by atoms with Gasteiger partial charge in [-0.2, -0.15) is 5.10 Å². The molecule has 3 aromatic rings. The van der Waals surface area contributed by atoms with Crippen LogP contribution in [0, 0.1) is 0 Å². The third-order valence-electron chi connectivity index (χ3n) is 2.74. The van der Waals surface area contributed by atoms with Crippen LogP contribution in [0.25, 0.3) is 10.4 Å². The van der Waals surface area contributed by atoms with Crippen LogP contribution in [0.3, 0.4) is 0 Å². The lowest BCUT2D eigenvalue weighted by Gasteiger charge is -2.10. The van der Waals surface area contributed by atoms with Crippen molar-refractivity contribution in [1.82, 2.24) is 10.2 Å². The summed E-state index contributed by atoms with van der Waals surface area (Å²) >= 11 is 1.56. The first-order valence-corrected chi connectivity index (χ1v) is 8.17. The van der Waals surface area contributed by atoms with Crippen molar-refractivity contribution in [2.24, 2.45) is 0 Å². The molecular weight excluding hydrogens is 294 g/mol. The highest BCUT2D eigenvalue weighted by Gasteiger charge is 2.17. The molecule has 2 heterocycles. The van der Waals surface area contributed by atoms with Crippen LogP contribution in [-0.2, 0) is 10.0 Å². The summed E-state index contributed by atoms with van der Waals surface area (Å²) in [5.74, 6) is 0. The Morgan fingerprint density at radius 2 is 2.00 bits per heavy atom. The predicted octanol–water partition coefficient (Wildman–Crippen LogP) is 2.94. The standard InChI is InChI=1S/C13H11N3O2S2/c17-20(18,10-8-14-15-9-10)16-12-5-2-1-4-11(12)13-6-3-7-19-13/h1-9,16H,(H,14,15). The first-order chi connectivity index (χ1) is 9.67. The number of nitrogens with one attached hydrogen (secondary N) is 2. The van der Waals surface area contributed by atoms with E-state index in [-0.39, 0.29) is 4.90 Å². The van der Waals surface area contributed by atoms with E-state index in [1.807, 2.05) is 29.6 Å². The second-order valence-electron chi connectivity index (χ2n) is 4.06. The summed E-state index contributed by atoms with van der Waals surface area (Å²) in [4.78, 5) is 1.12. The molecule has 0 unspecified atom stereocenters. The van der Waals surface area contributed by atoms with Gasteiger partial charge in [-0.05, 0) is 17.5 Å². The van der Waals surface area contributed by atoms with Gasteiger partial charge in [0.05, 0.1) is 11.9 Å². The van der Waals surface area contributed by atoms with E-state index in [9.17, 15) is 8.42 Å². The number of benzene rings is 1. The normalized spacial score (nSPS) is 11.4. The predicted molar refractivity (Wildman–Crippen MR) is 79.2 cm³/mol. The van der Waals surface area contributed by atoms with Gasteiger partial charge in [-0.15, -0.1) is 11.3 Å². The lowest BCUT2D eigenvalue weighted by molar-refractivity contribution is 0.601. The van der Waals surface area contributed by atoms with E-state index < -0.39 is 10.0 Å². The lowest BCUT2D eigenvalue weighted by Crippen LogP contribution is -2.12. The van der Waals surface area contributed by atoms with Gasteiger partial charge in [0.15, 0.2) is 0 Å². The average molecular weight is 305 g/mol. The Balaban J connectivity index is 2.00. The summed E-state index contributed by atoms with van der Waals surface area (Å²) < 4.78 is 27.0. The quantitative estimate of drug-likeness (QED) is 0.778. The lowest BCUT2D eigenvalue weighted by atomic mass is 10.1. The number of nitrogens with zero attached hydrogens (tertiary/aromatic N) is 1. The number of rotatable bonds is 4. The molecule has 7 heteroatoms. The monoisotopic (exact) mass is 305 g/mol. The number of anilines is 1. The van der Waals surface area contributed by atoms with Crippen molar-refractivity contribution in [2.45, 2.75) is 4.90 Å². The summed E-state index contributed by atoms with van der Waals surface area (Å²) in [7, 11) is -3.62. The fourth-order valence-electron chi connectivity index (χ4n) is 1.81. The Kier molecular flexibility index (Phi) is 3.29. The molecule has 0 amide bonds. The van der Waals surface area contributed by atoms with Gasteiger partial charge in [-0.1, -0.05) is 24.3 Å². The fraction of sp³-hybridized carbons (Fsp3) is 0. The highest BCUT2D eigenvalue weighted by atomic mass is 32.2. The Morgan fingerprint density at radius 3 is 2.70 bits per heavy atom. The maximum absolute atomic E-state index is 12.2. The molecule has 0 aliphatic heterocycles. The highest BCUT2D eigenvalue weighted by molar-refractivity contribution is 7.92. The van der Waals surface area contributed by atoms with Crippen LogP contribution in [0.5, 0.6) is 0 Å². The van der Waals surface area contributed by atoms with Crippen molar-refractivity contribution < 1.29 is 8.42 Å². The van der Waals surface area contributed by atoms with Gasteiger partial charge < -0.3 is 0 Å². The zero-order valence-corrected chi connectivity index (χ0v) is 11.9. The zero-order valence-electron chi connectivity index (χ0n) is 10.3. The highest BCUT2D eigenvalue weighted by Crippen LogP contribution is 2.32. The van der Waals surface area contributed by atoms with Crippen molar-refractivity contribution in [3.8, 4) is 10.4 Å². The topological polar surface area (TPSA) is 74.8 Å². The second kappa shape index (κ2) is 5.10. The van der Waals surface area contributed by atoms with Crippen molar-refractivity contribution in [3.05, 3.63) is 54.2 Å². The van der Waals surface area contributed by atoms with Gasteiger partial charge >= 0.3 is 0 Å². The van der Waals surface area contributed by atoms with Gasteiger partial charge in [0, 0.05) is 16.6 Å². The first-order valence-electron chi connectivity index (χ1n) is 5.81. The third-order valence-corrected chi connectivity index (χ3v) is 4.98. The van der Waals surface area contributed by atoms with E-state index >= 15 is 0 Å². The van der Waals surface area contributed by atoms with E-state index in [0.29, 0.717) is 5.69 Å². The summed E-state index contributed by atoms with van der Waals surface area (Å²) in [5, 5.41) is 8.11. The molecule has 3 rings (SSSR count). The number of hydrogen-bond acceptors (Lipinski definition) is 4. The molecule has 0 radical (unpaired) electrons. The maximum atomic E-state index is 12.2.